The molecule has 0 fully saturated rings. The fraction of sp³-hybridized carbons (Fsp3) is 0.462. The minimum absolute atomic E-state index is 0.116. The van der Waals surface area contributed by atoms with Crippen LogP contribution in [-0.2, 0) is 4.79 Å². The first-order valence-electron chi connectivity index (χ1n) is 5.99. The van der Waals surface area contributed by atoms with Gasteiger partial charge in [0.15, 0.2) is 0 Å². The van der Waals surface area contributed by atoms with Gasteiger partial charge in [-0.2, -0.15) is 0 Å². The third-order valence-corrected chi connectivity index (χ3v) is 2.87. The molecule has 6 heteroatoms. The van der Waals surface area contributed by atoms with Crippen molar-refractivity contribution in [1.82, 2.24) is 5.32 Å². The van der Waals surface area contributed by atoms with E-state index in [0.29, 0.717) is 5.69 Å². The summed E-state index contributed by atoms with van der Waals surface area (Å²) in [7, 11) is 0. The van der Waals surface area contributed by atoms with Gasteiger partial charge in [-0.05, 0) is 19.1 Å². The van der Waals surface area contributed by atoms with Gasteiger partial charge in [-0.15, -0.1) is 0 Å². The van der Waals surface area contributed by atoms with Crippen molar-refractivity contribution < 1.29 is 20.1 Å². The number of hydrogen-bond acceptors (Lipinski definition) is 5. The van der Waals surface area contributed by atoms with E-state index < -0.39 is 25.4 Å². The predicted octanol–water partition coefficient (Wildman–Crippen LogP) is -0.761. The molecule has 1 amide bonds. The smallest absolute Gasteiger partial charge is 0.238 e. The topological polar surface area (TPSA) is 102 Å². The molecule has 0 unspecified atom stereocenters. The summed E-state index contributed by atoms with van der Waals surface area (Å²) in [6.45, 7) is 0.453. The fourth-order valence-electron chi connectivity index (χ4n) is 1.43. The Labute approximate surface area is 112 Å². The fourth-order valence-corrected chi connectivity index (χ4v) is 1.43. The molecule has 1 aromatic rings. The maximum atomic E-state index is 11.7. The maximum absolute atomic E-state index is 11.7. The molecule has 0 bridgehead atoms. The zero-order valence-electron chi connectivity index (χ0n) is 10.9. The molecule has 0 heterocycles. The van der Waals surface area contributed by atoms with Crippen molar-refractivity contribution in [2.75, 3.05) is 31.7 Å². The lowest BCUT2D eigenvalue weighted by Gasteiger charge is -2.28. The van der Waals surface area contributed by atoms with Crippen molar-refractivity contribution in [2.24, 2.45) is 0 Å². The molecule has 0 aliphatic carbocycles. The summed E-state index contributed by atoms with van der Waals surface area (Å²) in [6.07, 6.45) is 0. The highest BCUT2D eigenvalue weighted by atomic mass is 16.3. The molecule has 0 aromatic heterocycles. The van der Waals surface area contributed by atoms with Gasteiger partial charge in [-0.25, -0.2) is 0 Å². The lowest BCUT2D eigenvalue weighted by molar-refractivity contribution is -0.116. The number of nitrogens with one attached hydrogen (secondary N) is 2. The molecular formula is C13H20N2O4. The molecule has 0 aliphatic heterocycles. The molecule has 1 rings (SSSR count). The Morgan fingerprint density at radius 2 is 1.63 bits per heavy atom. The minimum atomic E-state index is -1.25. The molecule has 19 heavy (non-hydrogen) atoms. The number of anilines is 1. The van der Waals surface area contributed by atoms with Gasteiger partial charge in [0.2, 0.25) is 5.91 Å². The molecule has 0 spiro atoms. The van der Waals surface area contributed by atoms with Crippen LogP contribution in [0.15, 0.2) is 24.3 Å². The third-order valence-electron chi connectivity index (χ3n) is 2.87. The number of hydrogen-bond donors (Lipinski definition) is 5. The lowest BCUT2D eigenvalue weighted by atomic mass is 10.0. The standard InChI is InChI=1S/C13H20N2O4/c1-10-2-4-11(5-3-10)15-12(19)6-14-13(7-16,8-17)9-18/h2-5,14,16-18H,6-9H2,1H3,(H,15,19). The molecule has 0 saturated heterocycles. The van der Waals surface area contributed by atoms with Crippen LogP contribution in [-0.4, -0.2) is 53.1 Å². The average molecular weight is 268 g/mol. The van der Waals surface area contributed by atoms with E-state index in [1.165, 1.54) is 0 Å². The van der Waals surface area contributed by atoms with Crippen LogP contribution in [0.3, 0.4) is 0 Å². The third kappa shape index (κ3) is 4.60. The van der Waals surface area contributed by atoms with Crippen molar-refractivity contribution in [2.45, 2.75) is 12.5 Å². The number of carbonyl (C=O) groups is 1. The number of rotatable bonds is 7. The van der Waals surface area contributed by atoms with Gasteiger partial charge in [0, 0.05) is 5.69 Å². The highest BCUT2D eigenvalue weighted by Crippen LogP contribution is 2.08. The molecule has 6 nitrogen and oxygen atoms in total. The number of amides is 1. The Morgan fingerprint density at radius 3 is 2.11 bits per heavy atom. The second-order valence-corrected chi connectivity index (χ2v) is 4.52. The number of benzene rings is 1. The average Bonchev–Trinajstić information content (AvgIpc) is 2.44. The molecule has 0 saturated carbocycles. The second kappa shape index (κ2) is 7.20. The summed E-state index contributed by atoms with van der Waals surface area (Å²) >= 11 is 0. The van der Waals surface area contributed by atoms with E-state index in [9.17, 15) is 4.79 Å². The van der Waals surface area contributed by atoms with Crippen molar-refractivity contribution in [3.63, 3.8) is 0 Å². The summed E-state index contributed by atoms with van der Waals surface area (Å²) in [5.74, 6) is -0.316. The van der Waals surface area contributed by atoms with Gasteiger partial charge in [-0.3, -0.25) is 10.1 Å². The van der Waals surface area contributed by atoms with E-state index in [-0.39, 0.29) is 12.5 Å². The normalized spacial score (nSPS) is 11.4. The van der Waals surface area contributed by atoms with Crippen LogP contribution in [0, 0.1) is 6.92 Å². The van der Waals surface area contributed by atoms with Gasteiger partial charge in [0.05, 0.1) is 31.9 Å². The predicted molar refractivity (Wildman–Crippen MR) is 71.8 cm³/mol. The van der Waals surface area contributed by atoms with Crippen molar-refractivity contribution in [3.05, 3.63) is 29.8 Å². The van der Waals surface area contributed by atoms with Crippen LogP contribution in [0.2, 0.25) is 0 Å². The monoisotopic (exact) mass is 268 g/mol. The van der Waals surface area contributed by atoms with Gasteiger partial charge < -0.3 is 20.6 Å². The number of aryl methyl sites for hydroxylation is 1. The molecule has 0 aliphatic rings. The maximum Gasteiger partial charge on any atom is 0.238 e. The van der Waals surface area contributed by atoms with Gasteiger partial charge in [-0.1, -0.05) is 17.7 Å². The first-order valence-corrected chi connectivity index (χ1v) is 5.99. The van der Waals surface area contributed by atoms with Crippen LogP contribution in [0.25, 0.3) is 0 Å². The first kappa shape index (κ1) is 15.6. The Kier molecular flexibility index (Phi) is 5.91. The molecule has 0 atom stereocenters. The van der Waals surface area contributed by atoms with E-state index in [2.05, 4.69) is 10.6 Å². The summed E-state index contributed by atoms with van der Waals surface area (Å²) in [4.78, 5) is 11.7. The summed E-state index contributed by atoms with van der Waals surface area (Å²) in [6, 6.07) is 7.32. The van der Waals surface area contributed by atoms with E-state index in [0.717, 1.165) is 5.56 Å². The summed E-state index contributed by atoms with van der Waals surface area (Å²) in [5, 5.41) is 32.6. The van der Waals surface area contributed by atoms with Crippen molar-refractivity contribution in [1.29, 1.82) is 0 Å². The van der Waals surface area contributed by atoms with Crippen LogP contribution < -0.4 is 10.6 Å². The van der Waals surface area contributed by atoms with Crippen LogP contribution >= 0.6 is 0 Å². The number of carbonyl (C=O) groups excluding carboxylic acids is 1. The highest BCUT2D eigenvalue weighted by Gasteiger charge is 2.27. The van der Waals surface area contributed by atoms with Crippen LogP contribution in [0.5, 0.6) is 0 Å². The first-order chi connectivity index (χ1) is 9.05. The van der Waals surface area contributed by atoms with Crippen molar-refractivity contribution in [3.8, 4) is 0 Å². The Morgan fingerprint density at radius 1 is 1.11 bits per heavy atom. The molecule has 1 aromatic carbocycles. The minimum Gasteiger partial charge on any atom is -0.394 e. The zero-order chi connectivity index (χ0) is 14.3. The molecular weight excluding hydrogens is 248 g/mol. The van der Waals surface area contributed by atoms with Gasteiger partial charge in [0.1, 0.15) is 0 Å². The number of aliphatic hydroxyl groups excluding tert-OH is 3. The molecule has 0 radical (unpaired) electrons. The second-order valence-electron chi connectivity index (χ2n) is 4.52. The van der Waals surface area contributed by atoms with Crippen LogP contribution in [0.4, 0.5) is 5.69 Å². The lowest BCUT2D eigenvalue weighted by Crippen LogP contribution is -2.56. The SMILES string of the molecule is Cc1ccc(NC(=O)CNC(CO)(CO)CO)cc1. The molecule has 5 N–H and O–H groups in total. The van der Waals surface area contributed by atoms with E-state index in [1.807, 2.05) is 19.1 Å². The van der Waals surface area contributed by atoms with E-state index >= 15 is 0 Å². The Bertz CT molecular complexity index is 393. The molecule has 106 valence electrons. The summed E-state index contributed by atoms with van der Waals surface area (Å²) < 4.78 is 0. The highest BCUT2D eigenvalue weighted by molar-refractivity contribution is 5.92. The largest absolute Gasteiger partial charge is 0.394 e. The van der Waals surface area contributed by atoms with Crippen LogP contribution in [0.1, 0.15) is 5.56 Å². The van der Waals surface area contributed by atoms with E-state index in [4.69, 9.17) is 15.3 Å². The quantitative estimate of drug-likeness (QED) is 0.447. The zero-order valence-corrected chi connectivity index (χ0v) is 10.9. The van der Waals surface area contributed by atoms with Gasteiger partial charge >= 0.3 is 0 Å². The van der Waals surface area contributed by atoms with E-state index in [1.54, 1.807) is 12.1 Å². The van der Waals surface area contributed by atoms with Gasteiger partial charge in [0.25, 0.3) is 0 Å². The Balaban J connectivity index is 2.49. The number of aliphatic hydroxyl groups is 3. The summed E-state index contributed by atoms with van der Waals surface area (Å²) in [5.41, 5.74) is 0.515. The van der Waals surface area contributed by atoms with Crippen molar-refractivity contribution >= 4 is 11.6 Å². The Hall–Kier alpha value is -1.47.